The number of hydrogen-bond acceptors (Lipinski definition) is 3. The van der Waals surface area contributed by atoms with E-state index in [1.165, 1.54) is 0 Å². The summed E-state index contributed by atoms with van der Waals surface area (Å²) >= 11 is 5.98. The van der Waals surface area contributed by atoms with Crippen LogP contribution in [0.5, 0.6) is 5.75 Å². The first-order valence-corrected chi connectivity index (χ1v) is 8.26. The van der Waals surface area contributed by atoms with Crippen molar-refractivity contribution in [2.75, 3.05) is 0 Å². The van der Waals surface area contributed by atoms with Crippen LogP contribution in [0.2, 0.25) is 5.02 Å². The molecule has 0 radical (unpaired) electrons. The highest BCUT2D eigenvalue weighted by Gasteiger charge is 2.20. The van der Waals surface area contributed by atoms with Gasteiger partial charge in [0.1, 0.15) is 18.4 Å². The standard InChI is InChI=1S/C19H22ClNO3/c1-13(2)18(19(22)23)21-11-15-7-3-4-9-17(15)24-12-14-6-5-8-16(20)10-14/h3-10,13,18,21H,11-12H2,1-2H3,(H,22,23). The van der Waals surface area contributed by atoms with Gasteiger partial charge in [-0.1, -0.05) is 55.8 Å². The third-order valence-electron chi connectivity index (χ3n) is 3.70. The Kier molecular flexibility index (Phi) is 6.64. The molecule has 4 nitrogen and oxygen atoms in total. The number of carbonyl (C=O) groups is 1. The maximum atomic E-state index is 11.3. The number of ether oxygens (including phenoxy) is 1. The number of hydrogen-bond donors (Lipinski definition) is 2. The molecule has 0 aromatic heterocycles. The molecule has 0 aliphatic heterocycles. The Hall–Kier alpha value is -2.04. The zero-order valence-electron chi connectivity index (χ0n) is 13.8. The van der Waals surface area contributed by atoms with E-state index in [9.17, 15) is 9.90 Å². The Morgan fingerprint density at radius 2 is 1.96 bits per heavy atom. The predicted molar refractivity (Wildman–Crippen MR) is 95.3 cm³/mol. The van der Waals surface area contributed by atoms with Gasteiger partial charge in [0.25, 0.3) is 0 Å². The van der Waals surface area contributed by atoms with Gasteiger partial charge in [0.15, 0.2) is 0 Å². The molecular formula is C19H22ClNO3. The Labute approximate surface area is 147 Å². The van der Waals surface area contributed by atoms with Gasteiger partial charge in [-0.3, -0.25) is 10.1 Å². The Balaban J connectivity index is 2.03. The van der Waals surface area contributed by atoms with Crippen molar-refractivity contribution in [3.05, 3.63) is 64.7 Å². The van der Waals surface area contributed by atoms with Gasteiger partial charge in [-0.15, -0.1) is 0 Å². The van der Waals surface area contributed by atoms with Gasteiger partial charge in [0.2, 0.25) is 0 Å². The van der Waals surface area contributed by atoms with Crippen molar-refractivity contribution in [2.45, 2.75) is 33.0 Å². The summed E-state index contributed by atoms with van der Waals surface area (Å²) in [4.78, 5) is 11.3. The van der Waals surface area contributed by atoms with Crippen LogP contribution in [0.4, 0.5) is 0 Å². The van der Waals surface area contributed by atoms with E-state index in [-0.39, 0.29) is 5.92 Å². The van der Waals surface area contributed by atoms with E-state index in [1.807, 2.05) is 62.4 Å². The SMILES string of the molecule is CC(C)C(NCc1ccccc1OCc1cccc(Cl)c1)C(=O)O. The minimum Gasteiger partial charge on any atom is -0.489 e. The fourth-order valence-electron chi connectivity index (χ4n) is 2.41. The smallest absolute Gasteiger partial charge is 0.320 e. The monoisotopic (exact) mass is 347 g/mol. The van der Waals surface area contributed by atoms with Crippen LogP contribution in [0.25, 0.3) is 0 Å². The number of carboxylic acids is 1. The molecule has 0 spiro atoms. The van der Waals surface area contributed by atoms with E-state index >= 15 is 0 Å². The number of benzene rings is 2. The molecule has 0 amide bonds. The number of aliphatic carboxylic acids is 1. The van der Waals surface area contributed by atoms with E-state index in [4.69, 9.17) is 16.3 Å². The quantitative estimate of drug-likeness (QED) is 0.754. The molecule has 24 heavy (non-hydrogen) atoms. The molecule has 0 fully saturated rings. The highest BCUT2D eigenvalue weighted by molar-refractivity contribution is 6.30. The molecule has 128 valence electrons. The van der Waals surface area contributed by atoms with Crippen molar-refractivity contribution in [3.63, 3.8) is 0 Å². The first kappa shape index (κ1) is 18.3. The number of nitrogens with one attached hydrogen (secondary N) is 1. The molecule has 1 atom stereocenters. The molecule has 0 heterocycles. The largest absolute Gasteiger partial charge is 0.489 e. The van der Waals surface area contributed by atoms with Gasteiger partial charge in [-0.25, -0.2) is 0 Å². The number of halogens is 1. The minimum absolute atomic E-state index is 0.00189. The molecule has 0 aliphatic rings. The van der Waals surface area contributed by atoms with Crippen molar-refractivity contribution in [3.8, 4) is 5.75 Å². The van der Waals surface area contributed by atoms with E-state index < -0.39 is 12.0 Å². The second-order valence-electron chi connectivity index (χ2n) is 5.97. The fraction of sp³-hybridized carbons (Fsp3) is 0.316. The lowest BCUT2D eigenvalue weighted by molar-refractivity contribution is -0.140. The third-order valence-corrected chi connectivity index (χ3v) is 3.94. The normalized spacial score (nSPS) is 12.2. The van der Waals surface area contributed by atoms with Crippen LogP contribution in [0.15, 0.2) is 48.5 Å². The molecule has 2 aromatic rings. The van der Waals surface area contributed by atoms with Crippen LogP contribution in [0.3, 0.4) is 0 Å². The molecule has 0 aliphatic carbocycles. The van der Waals surface area contributed by atoms with Crippen molar-refractivity contribution in [1.82, 2.24) is 5.32 Å². The molecule has 1 unspecified atom stereocenters. The predicted octanol–water partition coefficient (Wildman–Crippen LogP) is 4.12. The summed E-state index contributed by atoms with van der Waals surface area (Å²) in [6.07, 6.45) is 0. The van der Waals surface area contributed by atoms with E-state index in [2.05, 4.69) is 5.32 Å². The second kappa shape index (κ2) is 8.71. The second-order valence-corrected chi connectivity index (χ2v) is 6.40. The van der Waals surface area contributed by atoms with Gasteiger partial charge < -0.3 is 9.84 Å². The Morgan fingerprint density at radius 1 is 1.21 bits per heavy atom. The number of para-hydroxylation sites is 1. The van der Waals surface area contributed by atoms with Crippen LogP contribution in [0.1, 0.15) is 25.0 Å². The maximum absolute atomic E-state index is 11.3. The van der Waals surface area contributed by atoms with Crippen LogP contribution >= 0.6 is 11.6 Å². The zero-order valence-corrected chi connectivity index (χ0v) is 14.6. The molecule has 2 rings (SSSR count). The average molecular weight is 348 g/mol. The summed E-state index contributed by atoms with van der Waals surface area (Å²) in [7, 11) is 0. The topological polar surface area (TPSA) is 58.6 Å². The first-order chi connectivity index (χ1) is 11.5. The fourth-order valence-corrected chi connectivity index (χ4v) is 2.62. The van der Waals surface area contributed by atoms with Crippen molar-refractivity contribution < 1.29 is 14.6 Å². The summed E-state index contributed by atoms with van der Waals surface area (Å²) in [5, 5.41) is 13.0. The summed E-state index contributed by atoms with van der Waals surface area (Å²) in [5.74, 6) is -0.109. The summed E-state index contributed by atoms with van der Waals surface area (Å²) in [6.45, 7) is 4.60. The van der Waals surface area contributed by atoms with Crippen molar-refractivity contribution >= 4 is 17.6 Å². The molecule has 2 aromatic carbocycles. The van der Waals surface area contributed by atoms with Crippen LogP contribution in [-0.4, -0.2) is 17.1 Å². The van der Waals surface area contributed by atoms with E-state index in [0.717, 1.165) is 16.9 Å². The molecule has 0 saturated carbocycles. The van der Waals surface area contributed by atoms with Crippen molar-refractivity contribution in [2.24, 2.45) is 5.92 Å². The van der Waals surface area contributed by atoms with Gasteiger partial charge in [-0.05, 0) is 29.7 Å². The molecular weight excluding hydrogens is 326 g/mol. The van der Waals surface area contributed by atoms with Gasteiger partial charge in [0, 0.05) is 17.1 Å². The zero-order chi connectivity index (χ0) is 17.5. The lowest BCUT2D eigenvalue weighted by Gasteiger charge is -2.19. The summed E-state index contributed by atoms with van der Waals surface area (Å²) in [6, 6.07) is 14.5. The van der Waals surface area contributed by atoms with Crippen molar-refractivity contribution in [1.29, 1.82) is 0 Å². The van der Waals surface area contributed by atoms with Crippen LogP contribution < -0.4 is 10.1 Å². The van der Waals surface area contributed by atoms with Crippen LogP contribution in [0, 0.1) is 5.92 Å². The van der Waals surface area contributed by atoms with E-state index in [0.29, 0.717) is 18.2 Å². The summed E-state index contributed by atoms with van der Waals surface area (Å²) < 4.78 is 5.89. The number of carboxylic acid groups (broad SMARTS) is 1. The molecule has 2 N–H and O–H groups in total. The lowest BCUT2D eigenvalue weighted by atomic mass is 10.0. The maximum Gasteiger partial charge on any atom is 0.320 e. The average Bonchev–Trinajstić information content (AvgIpc) is 2.53. The van der Waals surface area contributed by atoms with Gasteiger partial charge in [0.05, 0.1) is 0 Å². The lowest BCUT2D eigenvalue weighted by Crippen LogP contribution is -2.40. The summed E-state index contributed by atoms with van der Waals surface area (Å²) in [5.41, 5.74) is 1.90. The minimum atomic E-state index is -0.845. The molecule has 5 heteroatoms. The Morgan fingerprint density at radius 3 is 2.62 bits per heavy atom. The van der Waals surface area contributed by atoms with E-state index in [1.54, 1.807) is 0 Å². The first-order valence-electron chi connectivity index (χ1n) is 7.88. The highest BCUT2D eigenvalue weighted by Crippen LogP contribution is 2.20. The Bertz CT molecular complexity index is 688. The molecule has 0 bridgehead atoms. The van der Waals surface area contributed by atoms with Crippen LogP contribution in [-0.2, 0) is 17.9 Å². The number of rotatable bonds is 8. The third kappa shape index (κ3) is 5.25. The molecule has 0 saturated heterocycles. The highest BCUT2D eigenvalue weighted by atomic mass is 35.5. The van der Waals surface area contributed by atoms with Gasteiger partial charge in [-0.2, -0.15) is 0 Å². The van der Waals surface area contributed by atoms with Gasteiger partial charge >= 0.3 is 5.97 Å².